The number of anilines is 1. The number of nitrogens with zero attached hydrogens (tertiary/aromatic N) is 1. The highest BCUT2D eigenvalue weighted by Gasteiger charge is 2.26. The summed E-state index contributed by atoms with van der Waals surface area (Å²) in [5.41, 5.74) is 3.65. The first kappa shape index (κ1) is 22.4. The van der Waals surface area contributed by atoms with Crippen molar-refractivity contribution in [1.82, 2.24) is 0 Å². The molecule has 0 saturated heterocycles. The number of aliphatic hydroxyl groups excluding tert-OH is 1. The number of fused-ring (bicyclic) bond motifs is 1. The molecule has 1 atom stereocenters. The number of hydrogen-bond donors (Lipinski definition) is 1. The first-order chi connectivity index (χ1) is 15.7. The first-order valence-corrected chi connectivity index (χ1v) is 11.6. The van der Waals surface area contributed by atoms with Crippen molar-refractivity contribution >= 4 is 17.4 Å². The van der Waals surface area contributed by atoms with Gasteiger partial charge in [-0.05, 0) is 48.4 Å². The molecule has 0 spiro atoms. The standard InChI is InChI=1S/C26H29NO4S/c1-29-21-11-12-23-26(17-21)32-25(22-5-3-4-6-24(22)30-2)13-14-27(23)18-19-7-9-20(10-8-19)31-16-15-28/h3-12,17,25,28H,13-16,18H2,1-2H3. The predicted octanol–water partition coefficient (Wildman–Crippen LogP) is 5.32. The van der Waals surface area contributed by atoms with Crippen LogP contribution in [0.3, 0.4) is 0 Å². The SMILES string of the molecule is COc1ccc2c(c1)SC(c1ccccc1OC)CCN2Cc1ccc(OCCO)cc1. The molecule has 3 aromatic carbocycles. The zero-order valence-corrected chi connectivity index (χ0v) is 19.3. The monoisotopic (exact) mass is 451 g/mol. The Morgan fingerprint density at radius 1 is 0.969 bits per heavy atom. The summed E-state index contributed by atoms with van der Waals surface area (Å²) in [4.78, 5) is 3.64. The highest BCUT2D eigenvalue weighted by atomic mass is 32.2. The number of hydrogen-bond acceptors (Lipinski definition) is 6. The zero-order chi connectivity index (χ0) is 22.3. The zero-order valence-electron chi connectivity index (χ0n) is 18.5. The van der Waals surface area contributed by atoms with Gasteiger partial charge in [0.25, 0.3) is 0 Å². The van der Waals surface area contributed by atoms with E-state index in [1.807, 2.05) is 42.1 Å². The second kappa shape index (κ2) is 10.7. The quantitative estimate of drug-likeness (QED) is 0.500. The van der Waals surface area contributed by atoms with Crippen LogP contribution in [0.5, 0.6) is 17.2 Å². The molecular formula is C26H29NO4S. The summed E-state index contributed by atoms with van der Waals surface area (Å²) >= 11 is 1.87. The fourth-order valence-corrected chi connectivity index (χ4v) is 5.33. The number of benzene rings is 3. The minimum Gasteiger partial charge on any atom is -0.497 e. The lowest BCUT2D eigenvalue weighted by Crippen LogP contribution is -2.24. The minimum absolute atomic E-state index is 0.0147. The van der Waals surface area contributed by atoms with Crippen LogP contribution < -0.4 is 19.1 Å². The van der Waals surface area contributed by atoms with E-state index in [-0.39, 0.29) is 11.9 Å². The summed E-state index contributed by atoms with van der Waals surface area (Å²) in [7, 11) is 3.44. The van der Waals surface area contributed by atoms with Gasteiger partial charge in [0.2, 0.25) is 0 Å². The highest BCUT2D eigenvalue weighted by Crippen LogP contribution is 2.48. The predicted molar refractivity (Wildman–Crippen MR) is 129 cm³/mol. The molecule has 0 radical (unpaired) electrons. The minimum atomic E-state index is 0.0147. The highest BCUT2D eigenvalue weighted by molar-refractivity contribution is 7.99. The van der Waals surface area contributed by atoms with Crippen LogP contribution in [0.2, 0.25) is 0 Å². The third-order valence-electron chi connectivity index (χ3n) is 5.58. The lowest BCUT2D eigenvalue weighted by molar-refractivity contribution is 0.201. The van der Waals surface area contributed by atoms with E-state index in [0.717, 1.165) is 36.8 Å². The molecule has 0 amide bonds. The summed E-state index contributed by atoms with van der Waals surface area (Å²) < 4.78 is 16.7. The van der Waals surface area contributed by atoms with Gasteiger partial charge < -0.3 is 24.2 Å². The van der Waals surface area contributed by atoms with Crippen LogP contribution in [-0.2, 0) is 6.54 Å². The Hall–Kier alpha value is -2.83. The maximum atomic E-state index is 8.94. The topological polar surface area (TPSA) is 51.2 Å². The van der Waals surface area contributed by atoms with Gasteiger partial charge in [0.1, 0.15) is 23.9 Å². The molecule has 1 N–H and O–H groups in total. The van der Waals surface area contributed by atoms with E-state index in [0.29, 0.717) is 6.61 Å². The molecule has 0 aliphatic carbocycles. The van der Waals surface area contributed by atoms with Crippen LogP contribution in [0.1, 0.15) is 22.8 Å². The van der Waals surface area contributed by atoms with Gasteiger partial charge in [-0.3, -0.25) is 0 Å². The smallest absolute Gasteiger partial charge is 0.123 e. The maximum absolute atomic E-state index is 8.94. The largest absolute Gasteiger partial charge is 0.497 e. The van der Waals surface area contributed by atoms with Gasteiger partial charge in [-0.2, -0.15) is 0 Å². The van der Waals surface area contributed by atoms with E-state index in [2.05, 4.69) is 41.3 Å². The lowest BCUT2D eigenvalue weighted by Gasteiger charge is -2.25. The number of ether oxygens (including phenoxy) is 3. The van der Waals surface area contributed by atoms with Crippen molar-refractivity contribution in [2.75, 3.05) is 38.9 Å². The molecule has 0 aromatic heterocycles. The second-order valence-electron chi connectivity index (χ2n) is 7.61. The van der Waals surface area contributed by atoms with Gasteiger partial charge in [0.05, 0.1) is 26.5 Å². The Balaban J connectivity index is 1.61. The Morgan fingerprint density at radius 3 is 2.50 bits per heavy atom. The molecule has 6 heteroatoms. The van der Waals surface area contributed by atoms with Gasteiger partial charge in [-0.25, -0.2) is 0 Å². The molecule has 168 valence electrons. The molecule has 0 fully saturated rings. The van der Waals surface area contributed by atoms with E-state index in [9.17, 15) is 0 Å². The van der Waals surface area contributed by atoms with Crippen molar-refractivity contribution in [2.45, 2.75) is 23.1 Å². The molecule has 32 heavy (non-hydrogen) atoms. The molecule has 3 aromatic rings. The van der Waals surface area contributed by atoms with Gasteiger partial charge in [0, 0.05) is 28.8 Å². The number of rotatable bonds is 8. The van der Waals surface area contributed by atoms with Crippen molar-refractivity contribution in [1.29, 1.82) is 0 Å². The van der Waals surface area contributed by atoms with Crippen LogP contribution >= 0.6 is 11.8 Å². The summed E-state index contributed by atoms with van der Waals surface area (Å²) in [5, 5.41) is 9.23. The van der Waals surface area contributed by atoms with E-state index >= 15 is 0 Å². The Bertz CT molecular complexity index is 1020. The second-order valence-corrected chi connectivity index (χ2v) is 8.85. The molecule has 1 aliphatic rings. The summed E-state index contributed by atoms with van der Waals surface area (Å²) in [6, 6.07) is 22.7. The molecular weight excluding hydrogens is 422 g/mol. The summed E-state index contributed by atoms with van der Waals surface area (Å²) in [6.45, 7) is 2.06. The van der Waals surface area contributed by atoms with Gasteiger partial charge in [0.15, 0.2) is 0 Å². The van der Waals surface area contributed by atoms with Crippen molar-refractivity contribution in [3.8, 4) is 17.2 Å². The number of para-hydroxylation sites is 1. The van der Waals surface area contributed by atoms with E-state index in [1.54, 1.807) is 14.2 Å². The van der Waals surface area contributed by atoms with E-state index in [4.69, 9.17) is 19.3 Å². The van der Waals surface area contributed by atoms with Crippen molar-refractivity contribution in [3.63, 3.8) is 0 Å². The average molecular weight is 452 g/mol. The maximum Gasteiger partial charge on any atom is 0.123 e. The molecule has 0 bridgehead atoms. The number of aliphatic hydroxyl groups is 1. The van der Waals surface area contributed by atoms with Gasteiger partial charge in [-0.15, -0.1) is 11.8 Å². The van der Waals surface area contributed by atoms with E-state index in [1.165, 1.54) is 21.7 Å². The van der Waals surface area contributed by atoms with Crippen LogP contribution in [0.4, 0.5) is 5.69 Å². The van der Waals surface area contributed by atoms with Gasteiger partial charge >= 0.3 is 0 Å². The molecule has 4 rings (SSSR count). The van der Waals surface area contributed by atoms with Crippen LogP contribution in [0.25, 0.3) is 0 Å². The first-order valence-electron chi connectivity index (χ1n) is 10.8. The fourth-order valence-electron chi connectivity index (χ4n) is 3.97. The fraction of sp³-hybridized carbons (Fsp3) is 0.308. The van der Waals surface area contributed by atoms with Crippen molar-refractivity contribution in [2.24, 2.45) is 0 Å². The molecule has 1 heterocycles. The van der Waals surface area contributed by atoms with Crippen LogP contribution in [-0.4, -0.2) is 39.1 Å². The van der Waals surface area contributed by atoms with Crippen LogP contribution in [0, 0.1) is 0 Å². The van der Waals surface area contributed by atoms with Crippen molar-refractivity contribution < 1.29 is 19.3 Å². The Kier molecular flexibility index (Phi) is 7.45. The molecule has 5 nitrogen and oxygen atoms in total. The Labute approximate surface area is 193 Å². The summed E-state index contributed by atoms with van der Waals surface area (Å²) in [5.74, 6) is 2.57. The summed E-state index contributed by atoms with van der Waals surface area (Å²) in [6.07, 6.45) is 1.000. The average Bonchev–Trinajstić information content (AvgIpc) is 3.02. The third-order valence-corrected chi connectivity index (χ3v) is 6.94. The van der Waals surface area contributed by atoms with Crippen LogP contribution in [0.15, 0.2) is 71.6 Å². The lowest BCUT2D eigenvalue weighted by atomic mass is 10.1. The molecule has 1 unspecified atom stereocenters. The number of thioether (sulfide) groups is 1. The van der Waals surface area contributed by atoms with E-state index < -0.39 is 0 Å². The van der Waals surface area contributed by atoms with Gasteiger partial charge in [-0.1, -0.05) is 30.3 Å². The molecule has 1 aliphatic heterocycles. The molecule has 0 saturated carbocycles. The Morgan fingerprint density at radius 2 is 1.75 bits per heavy atom. The normalized spacial score (nSPS) is 15.6. The van der Waals surface area contributed by atoms with Crippen molar-refractivity contribution in [3.05, 3.63) is 77.9 Å². The number of methoxy groups -OCH3 is 2. The third kappa shape index (κ3) is 5.14.